The van der Waals surface area contributed by atoms with Gasteiger partial charge in [-0.1, -0.05) is 29.4 Å². The van der Waals surface area contributed by atoms with Crippen LogP contribution in [0.25, 0.3) is 0 Å². The number of nitrogen functional groups attached to an aromatic ring is 2. The summed E-state index contributed by atoms with van der Waals surface area (Å²) in [6.45, 7) is 1.64. The molecule has 8 N–H and O–H groups in total. The first-order valence-corrected chi connectivity index (χ1v) is 14.4. The summed E-state index contributed by atoms with van der Waals surface area (Å²) in [6, 6.07) is 7.26. The fourth-order valence-electron chi connectivity index (χ4n) is 5.34. The Balaban J connectivity index is 1.59. The second-order valence-electron chi connectivity index (χ2n) is 9.32. The van der Waals surface area contributed by atoms with E-state index in [0.717, 1.165) is 49.7 Å². The molecule has 1 aliphatic carbocycles. The Labute approximate surface area is 218 Å². The number of aromatic nitrogens is 3. The quantitative estimate of drug-likeness (QED) is 0.319. The molecular formula is C23H27ClN8O2S2. The molecule has 3 aromatic rings. The third-order valence-corrected chi connectivity index (χ3v) is 9.20. The van der Waals surface area contributed by atoms with Gasteiger partial charge in [0.1, 0.15) is 10.8 Å². The highest BCUT2D eigenvalue weighted by Gasteiger charge is 2.57. The fourth-order valence-corrected chi connectivity index (χ4v) is 6.91. The molecule has 13 heteroatoms. The van der Waals surface area contributed by atoms with E-state index >= 15 is 0 Å². The summed E-state index contributed by atoms with van der Waals surface area (Å²) in [7, 11) is -3.45. The number of pyridine rings is 1. The first kappa shape index (κ1) is 25.0. The smallest absolute Gasteiger partial charge is 0.229 e. The van der Waals surface area contributed by atoms with E-state index in [1.807, 2.05) is 12.1 Å². The van der Waals surface area contributed by atoms with Crippen LogP contribution < -0.4 is 27.2 Å². The zero-order valence-corrected chi connectivity index (χ0v) is 22.0. The summed E-state index contributed by atoms with van der Waals surface area (Å²) in [5.74, 6) is 0.441. The molecule has 0 unspecified atom stereocenters. The number of sulfonamides is 1. The molecule has 1 fully saturated rings. The van der Waals surface area contributed by atoms with Crippen LogP contribution in [-0.4, -0.2) is 42.7 Å². The third kappa shape index (κ3) is 4.26. The molecule has 0 bridgehead atoms. The molecule has 0 amide bonds. The largest absolute Gasteiger partial charge is 0.382 e. The van der Waals surface area contributed by atoms with Crippen molar-refractivity contribution in [3.05, 3.63) is 58.5 Å². The van der Waals surface area contributed by atoms with Gasteiger partial charge in [0.15, 0.2) is 5.82 Å². The van der Waals surface area contributed by atoms with E-state index in [9.17, 15) is 8.42 Å². The summed E-state index contributed by atoms with van der Waals surface area (Å²) in [6.07, 6.45) is 6.76. The standard InChI is InChI=1S/C23H27ClN8O2S2/c1-36(33,34)32-14-3-2-13-11-22(5-8-28-9-6-22)23(27,15(13)10-14)17-12-30-21(20(26)31-17)35-16-4-7-29-19(25)18(16)24/h2-4,7,10,12,28,32H,5-6,8-9,11,27H2,1H3,(H2,25,29)(H2,26,31)/t23-/m1/s1. The van der Waals surface area contributed by atoms with Crippen molar-refractivity contribution in [1.82, 2.24) is 20.3 Å². The number of nitrogens with zero attached hydrogens (tertiary/aromatic N) is 3. The van der Waals surface area contributed by atoms with Crippen molar-refractivity contribution in [2.45, 2.75) is 34.7 Å². The molecule has 1 aliphatic heterocycles. The Kier molecular flexibility index (Phi) is 6.28. The van der Waals surface area contributed by atoms with E-state index in [-0.39, 0.29) is 17.1 Å². The van der Waals surface area contributed by atoms with Crippen LogP contribution in [0.15, 0.2) is 46.6 Å². The highest BCUT2D eigenvalue weighted by molar-refractivity contribution is 7.99. The molecule has 0 radical (unpaired) electrons. The lowest BCUT2D eigenvalue weighted by Crippen LogP contribution is -2.55. The topological polar surface area (TPSA) is 175 Å². The van der Waals surface area contributed by atoms with Crippen LogP contribution in [0.5, 0.6) is 0 Å². The lowest BCUT2D eigenvalue weighted by molar-refractivity contribution is 0.117. The van der Waals surface area contributed by atoms with Crippen molar-refractivity contribution in [1.29, 1.82) is 0 Å². The number of anilines is 3. The predicted octanol–water partition coefficient (Wildman–Crippen LogP) is 2.34. The third-order valence-electron chi connectivity index (χ3n) is 7.02. The Morgan fingerprint density at radius 2 is 1.89 bits per heavy atom. The number of benzene rings is 1. The van der Waals surface area contributed by atoms with E-state index < -0.39 is 15.6 Å². The zero-order chi connectivity index (χ0) is 25.7. The van der Waals surface area contributed by atoms with Gasteiger partial charge < -0.3 is 22.5 Å². The average molecular weight is 547 g/mol. The number of fused-ring (bicyclic) bond motifs is 1. The molecule has 36 heavy (non-hydrogen) atoms. The van der Waals surface area contributed by atoms with Gasteiger partial charge in [0, 0.05) is 22.2 Å². The van der Waals surface area contributed by atoms with Crippen molar-refractivity contribution in [2.75, 3.05) is 35.5 Å². The van der Waals surface area contributed by atoms with Gasteiger partial charge in [-0.05, 0) is 61.7 Å². The SMILES string of the molecule is CS(=O)(=O)Nc1ccc2c(c1)[C@@](N)(c1cnc(Sc3ccnc(N)c3Cl)c(N)n1)C1(CCNCC1)C2. The minimum Gasteiger partial charge on any atom is -0.382 e. The number of nitrogens with two attached hydrogens (primary N) is 3. The summed E-state index contributed by atoms with van der Waals surface area (Å²) >= 11 is 7.54. The number of hydrogen-bond acceptors (Lipinski definition) is 10. The van der Waals surface area contributed by atoms with Crippen molar-refractivity contribution >= 4 is 50.7 Å². The van der Waals surface area contributed by atoms with E-state index in [1.54, 1.807) is 24.5 Å². The van der Waals surface area contributed by atoms with Crippen molar-refractivity contribution < 1.29 is 8.42 Å². The Morgan fingerprint density at radius 1 is 1.14 bits per heavy atom. The molecule has 5 rings (SSSR count). The monoisotopic (exact) mass is 546 g/mol. The summed E-state index contributed by atoms with van der Waals surface area (Å²) in [5, 5.41) is 4.21. The van der Waals surface area contributed by atoms with Crippen LogP contribution in [-0.2, 0) is 22.0 Å². The highest BCUT2D eigenvalue weighted by atomic mass is 35.5. The molecule has 1 aromatic carbocycles. The van der Waals surface area contributed by atoms with Gasteiger partial charge in [-0.2, -0.15) is 0 Å². The van der Waals surface area contributed by atoms with Gasteiger partial charge in [-0.15, -0.1) is 0 Å². The number of rotatable bonds is 5. The van der Waals surface area contributed by atoms with E-state index in [2.05, 4.69) is 20.0 Å². The van der Waals surface area contributed by atoms with Crippen LogP contribution in [0.3, 0.4) is 0 Å². The minimum atomic E-state index is -3.45. The Hall–Kier alpha value is -2.64. The number of nitrogens with one attached hydrogen (secondary N) is 2. The first-order valence-electron chi connectivity index (χ1n) is 11.3. The second kappa shape index (κ2) is 9.03. The summed E-state index contributed by atoms with van der Waals surface area (Å²) in [5.41, 5.74) is 21.1. The molecule has 2 aliphatic rings. The summed E-state index contributed by atoms with van der Waals surface area (Å²) < 4.78 is 26.3. The highest BCUT2D eigenvalue weighted by Crippen LogP contribution is 2.57. The lowest BCUT2D eigenvalue weighted by Gasteiger charge is -2.46. The molecule has 1 spiro atoms. The molecule has 1 atom stereocenters. The van der Waals surface area contributed by atoms with Gasteiger partial charge >= 0.3 is 0 Å². The molecule has 3 heterocycles. The van der Waals surface area contributed by atoms with E-state index in [1.165, 1.54) is 11.8 Å². The molecule has 1 saturated heterocycles. The van der Waals surface area contributed by atoms with Crippen LogP contribution in [0, 0.1) is 5.41 Å². The van der Waals surface area contributed by atoms with Crippen molar-refractivity contribution in [2.24, 2.45) is 11.1 Å². The van der Waals surface area contributed by atoms with Crippen LogP contribution in [0.1, 0.15) is 29.7 Å². The average Bonchev–Trinajstić information content (AvgIpc) is 3.05. The van der Waals surface area contributed by atoms with E-state index in [4.69, 9.17) is 33.8 Å². The number of hydrogen-bond donors (Lipinski definition) is 5. The Bertz CT molecular complexity index is 1450. The number of halogens is 1. The zero-order valence-electron chi connectivity index (χ0n) is 19.6. The molecule has 190 valence electrons. The van der Waals surface area contributed by atoms with Gasteiger partial charge in [0.25, 0.3) is 0 Å². The maximum Gasteiger partial charge on any atom is 0.229 e. The molecular weight excluding hydrogens is 520 g/mol. The van der Waals surface area contributed by atoms with Gasteiger partial charge in [-0.25, -0.2) is 23.4 Å². The predicted molar refractivity (Wildman–Crippen MR) is 142 cm³/mol. The molecule has 2 aromatic heterocycles. The first-order chi connectivity index (χ1) is 17.0. The molecule has 0 saturated carbocycles. The maximum atomic E-state index is 11.9. The fraction of sp³-hybridized carbons (Fsp3) is 0.348. The van der Waals surface area contributed by atoms with Crippen LogP contribution >= 0.6 is 23.4 Å². The second-order valence-corrected chi connectivity index (χ2v) is 12.5. The number of piperidine rings is 1. The summed E-state index contributed by atoms with van der Waals surface area (Å²) in [4.78, 5) is 14.0. The molecule has 10 nitrogen and oxygen atoms in total. The van der Waals surface area contributed by atoms with Crippen molar-refractivity contribution in [3.63, 3.8) is 0 Å². The Morgan fingerprint density at radius 3 is 2.58 bits per heavy atom. The van der Waals surface area contributed by atoms with Gasteiger partial charge in [-0.3, -0.25) is 4.72 Å². The lowest BCUT2D eigenvalue weighted by atomic mass is 9.63. The maximum absolute atomic E-state index is 11.9. The van der Waals surface area contributed by atoms with E-state index in [0.29, 0.717) is 26.3 Å². The van der Waals surface area contributed by atoms with Gasteiger partial charge in [0.05, 0.1) is 28.7 Å². The van der Waals surface area contributed by atoms with Crippen molar-refractivity contribution in [3.8, 4) is 0 Å². The van der Waals surface area contributed by atoms with Gasteiger partial charge in [0.2, 0.25) is 10.0 Å². The van der Waals surface area contributed by atoms with Crippen LogP contribution in [0.4, 0.5) is 17.3 Å². The minimum absolute atomic E-state index is 0.219. The normalized spacial score (nSPS) is 20.9. The van der Waals surface area contributed by atoms with Crippen LogP contribution in [0.2, 0.25) is 5.02 Å².